The van der Waals surface area contributed by atoms with Crippen molar-refractivity contribution in [2.24, 2.45) is 0 Å². The van der Waals surface area contributed by atoms with E-state index in [4.69, 9.17) is 9.47 Å². The fourth-order valence-electron chi connectivity index (χ4n) is 1.73. The molecule has 0 spiro atoms. The lowest BCUT2D eigenvalue weighted by atomic mass is 10.2. The number of hydrogen-bond acceptors (Lipinski definition) is 2. The number of hydrogen-bond donors (Lipinski definition) is 0. The summed E-state index contributed by atoms with van der Waals surface area (Å²) in [4.78, 5) is 0. The van der Waals surface area contributed by atoms with Crippen LogP contribution in [0, 0.1) is 19.9 Å². The number of rotatable bonds is 6. The lowest BCUT2D eigenvalue weighted by molar-refractivity contribution is 0.245. The zero-order valence-corrected chi connectivity index (χ0v) is 15.9. The molecular weight excluding hydrogens is 497 g/mol. The topological polar surface area (TPSA) is 18.5 Å². The van der Waals surface area contributed by atoms with Crippen LogP contribution in [0.4, 0.5) is 4.39 Å². The van der Waals surface area contributed by atoms with Gasteiger partial charge in [-0.1, -0.05) is 6.07 Å². The summed E-state index contributed by atoms with van der Waals surface area (Å²) in [5, 5.41) is 0. The van der Waals surface area contributed by atoms with Crippen LogP contribution in [0.2, 0.25) is 0 Å². The van der Waals surface area contributed by atoms with Crippen molar-refractivity contribution >= 4 is 45.2 Å². The second-order valence-corrected chi connectivity index (χ2v) is 6.88. The predicted molar refractivity (Wildman–Crippen MR) is 98.6 cm³/mol. The molecule has 0 aliphatic carbocycles. The summed E-state index contributed by atoms with van der Waals surface area (Å²) in [5.74, 6) is 1.19. The second-order valence-electron chi connectivity index (χ2n) is 4.56. The van der Waals surface area contributed by atoms with Crippen molar-refractivity contribution < 1.29 is 13.9 Å². The third kappa shape index (κ3) is 5.28. The Hall–Kier alpha value is -0.570. The van der Waals surface area contributed by atoms with Crippen molar-refractivity contribution in [1.29, 1.82) is 0 Å². The molecule has 0 N–H and O–H groups in total. The van der Waals surface area contributed by atoms with E-state index in [1.807, 2.05) is 12.1 Å². The molecule has 0 saturated carbocycles. The zero-order chi connectivity index (χ0) is 15.2. The van der Waals surface area contributed by atoms with Gasteiger partial charge in [-0.15, -0.1) is 0 Å². The van der Waals surface area contributed by atoms with E-state index in [0.29, 0.717) is 19.0 Å². The number of ether oxygens (including phenoxy) is 2. The smallest absolute Gasteiger partial charge is 0.135 e. The van der Waals surface area contributed by atoms with Gasteiger partial charge in [-0.05, 0) is 81.9 Å². The minimum Gasteiger partial charge on any atom is -0.492 e. The monoisotopic (exact) mass is 512 g/mol. The van der Waals surface area contributed by atoms with Crippen LogP contribution in [-0.2, 0) is 0 Å². The highest BCUT2D eigenvalue weighted by molar-refractivity contribution is 14.1. The summed E-state index contributed by atoms with van der Waals surface area (Å²) in [5.41, 5.74) is 1.22. The Labute approximate surface area is 151 Å². The molecule has 0 aliphatic rings. The lowest BCUT2D eigenvalue weighted by Crippen LogP contribution is -2.06. The minimum atomic E-state index is -0.282. The third-order valence-corrected chi connectivity index (χ3v) is 4.52. The van der Waals surface area contributed by atoms with Gasteiger partial charge in [-0.3, -0.25) is 0 Å². The van der Waals surface area contributed by atoms with E-state index in [-0.39, 0.29) is 5.82 Å². The molecule has 112 valence electrons. The molecule has 2 rings (SSSR count). The Balaban J connectivity index is 1.76. The average molecular weight is 512 g/mol. The van der Waals surface area contributed by atoms with Gasteiger partial charge in [0.2, 0.25) is 0 Å². The van der Waals surface area contributed by atoms with Gasteiger partial charge < -0.3 is 9.47 Å². The highest BCUT2D eigenvalue weighted by Gasteiger charge is 2.04. The van der Waals surface area contributed by atoms with E-state index in [2.05, 4.69) is 58.2 Å². The molecule has 2 nitrogen and oxygen atoms in total. The molecule has 5 heteroatoms. The Morgan fingerprint density at radius 2 is 1.62 bits per heavy atom. The predicted octanol–water partition coefficient (Wildman–Crippen LogP) is 5.19. The first-order valence-electron chi connectivity index (χ1n) is 6.53. The first-order valence-corrected chi connectivity index (χ1v) is 8.69. The van der Waals surface area contributed by atoms with Crippen LogP contribution in [0.1, 0.15) is 12.0 Å². The zero-order valence-electron chi connectivity index (χ0n) is 11.5. The van der Waals surface area contributed by atoms with E-state index >= 15 is 0 Å². The van der Waals surface area contributed by atoms with E-state index in [9.17, 15) is 4.39 Å². The quantitative estimate of drug-likeness (QED) is 0.392. The van der Waals surface area contributed by atoms with Crippen LogP contribution < -0.4 is 9.47 Å². The van der Waals surface area contributed by atoms with Gasteiger partial charge in [-0.2, -0.15) is 0 Å². The Morgan fingerprint density at radius 1 is 0.905 bits per heavy atom. The normalized spacial score (nSPS) is 10.5. The summed E-state index contributed by atoms with van der Waals surface area (Å²) in [6.45, 7) is 3.13. The molecule has 2 aromatic rings. The van der Waals surface area contributed by atoms with Gasteiger partial charge >= 0.3 is 0 Å². The first-order chi connectivity index (χ1) is 10.1. The minimum absolute atomic E-state index is 0.282. The van der Waals surface area contributed by atoms with Gasteiger partial charge in [0.25, 0.3) is 0 Å². The molecule has 0 atom stereocenters. The molecule has 2 aromatic carbocycles. The molecule has 0 heterocycles. The number of benzene rings is 2. The van der Waals surface area contributed by atoms with Crippen molar-refractivity contribution in [3.8, 4) is 11.5 Å². The molecular formula is C16H15FI2O2. The standard InChI is InChI=1S/C16H15FI2O2/c1-11-3-6-15(14(19)9-11)20-7-2-8-21-16-10-12(17)4-5-13(16)18/h3-6,9-10H,2,7-8H2,1H3. The van der Waals surface area contributed by atoms with Gasteiger partial charge in [0.15, 0.2) is 0 Å². The van der Waals surface area contributed by atoms with E-state index in [1.54, 1.807) is 6.07 Å². The SMILES string of the molecule is Cc1ccc(OCCCOc2cc(F)ccc2I)c(I)c1. The molecule has 0 radical (unpaired) electrons. The maximum atomic E-state index is 13.1. The largest absolute Gasteiger partial charge is 0.492 e. The van der Waals surface area contributed by atoms with Gasteiger partial charge in [0.05, 0.1) is 20.4 Å². The molecule has 21 heavy (non-hydrogen) atoms. The van der Waals surface area contributed by atoms with Crippen molar-refractivity contribution in [2.45, 2.75) is 13.3 Å². The molecule has 0 saturated heterocycles. The van der Waals surface area contributed by atoms with Crippen LogP contribution in [0.25, 0.3) is 0 Å². The molecule has 0 aromatic heterocycles. The fraction of sp³-hybridized carbons (Fsp3) is 0.250. The highest BCUT2D eigenvalue weighted by atomic mass is 127. The summed E-state index contributed by atoms with van der Waals surface area (Å²) in [7, 11) is 0. The summed E-state index contributed by atoms with van der Waals surface area (Å²) >= 11 is 4.40. The molecule has 0 fully saturated rings. The van der Waals surface area contributed by atoms with E-state index in [1.165, 1.54) is 17.7 Å². The number of halogens is 3. The van der Waals surface area contributed by atoms with Crippen LogP contribution in [0.3, 0.4) is 0 Å². The maximum Gasteiger partial charge on any atom is 0.135 e. The lowest BCUT2D eigenvalue weighted by Gasteiger charge is -2.10. The van der Waals surface area contributed by atoms with Gasteiger partial charge in [-0.25, -0.2) is 4.39 Å². The van der Waals surface area contributed by atoms with Crippen LogP contribution >= 0.6 is 45.2 Å². The third-order valence-electron chi connectivity index (χ3n) is 2.78. The Kier molecular flexibility index (Phi) is 6.53. The molecule has 0 amide bonds. The van der Waals surface area contributed by atoms with E-state index < -0.39 is 0 Å². The van der Waals surface area contributed by atoms with E-state index in [0.717, 1.165) is 19.3 Å². The molecule has 0 bridgehead atoms. The van der Waals surface area contributed by atoms with Crippen molar-refractivity contribution in [1.82, 2.24) is 0 Å². The Morgan fingerprint density at radius 3 is 2.33 bits per heavy atom. The van der Waals surface area contributed by atoms with Gasteiger partial charge in [0.1, 0.15) is 17.3 Å². The maximum absolute atomic E-state index is 13.1. The van der Waals surface area contributed by atoms with Crippen molar-refractivity contribution in [3.63, 3.8) is 0 Å². The first kappa shape index (κ1) is 16.8. The summed E-state index contributed by atoms with van der Waals surface area (Å²) in [6.07, 6.45) is 0.747. The number of aryl methyl sites for hydroxylation is 1. The molecule has 0 aliphatic heterocycles. The van der Waals surface area contributed by atoms with Crippen molar-refractivity contribution in [3.05, 3.63) is 54.9 Å². The Bertz CT molecular complexity index is 617. The summed E-state index contributed by atoms with van der Waals surface area (Å²) < 4.78 is 26.4. The van der Waals surface area contributed by atoms with Gasteiger partial charge in [0, 0.05) is 12.5 Å². The van der Waals surface area contributed by atoms with Crippen LogP contribution in [0.15, 0.2) is 36.4 Å². The average Bonchev–Trinajstić information content (AvgIpc) is 2.44. The van der Waals surface area contributed by atoms with Crippen molar-refractivity contribution in [2.75, 3.05) is 13.2 Å². The molecule has 0 unspecified atom stereocenters. The fourth-order valence-corrected chi connectivity index (χ4v) is 3.05. The second kappa shape index (κ2) is 8.17. The highest BCUT2D eigenvalue weighted by Crippen LogP contribution is 2.23. The van der Waals surface area contributed by atoms with Crippen LogP contribution in [-0.4, -0.2) is 13.2 Å². The summed E-state index contributed by atoms with van der Waals surface area (Å²) in [6, 6.07) is 10.6. The van der Waals surface area contributed by atoms with Crippen LogP contribution in [0.5, 0.6) is 11.5 Å².